The third-order valence-corrected chi connectivity index (χ3v) is 4.15. The van der Waals surface area contributed by atoms with Gasteiger partial charge < -0.3 is 9.57 Å². The van der Waals surface area contributed by atoms with Gasteiger partial charge in [0.1, 0.15) is 5.75 Å². The van der Waals surface area contributed by atoms with Crippen LogP contribution in [0.15, 0.2) is 54.6 Å². The van der Waals surface area contributed by atoms with Crippen molar-refractivity contribution in [3.8, 4) is 5.75 Å². The van der Waals surface area contributed by atoms with Gasteiger partial charge in [-0.15, -0.1) is 0 Å². The lowest BCUT2D eigenvalue weighted by Crippen LogP contribution is -2.30. The molecular weight excluding hydrogens is 278 g/mol. The Morgan fingerprint density at radius 1 is 1.05 bits per heavy atom. The number of hydrogen-bond donors (Lipinski definition) is 0. The van der Waals surface area contributed by atoms with Crippen molar-refractivity contribution < 1.29 is 14.5 Å². The molecule has 0 aliphatic carbocycles. The van der Waals surface area contributed by atoms with E-state index in [1.54, 1.807) is 7.11 Å². The summed E-state index contributed by atoms with van der Waals surface area (Å²) in [4.78, 5) is 6.16. The van der Waals surface area contributed by atoms with Crippen molar-refractivity contribution in [2.45, 2.75) is 25.4 Å². The molecule has 0 spiro atoms. The van der Waals surface area contributed by atoms with Gasteiger partial charge in [-0.1, -0.05) is 42.5 Å². The minimum Gasteiger partial charge on any atom is -0.497 e. The van der Waals surface area contributed by atoms with E-state index >= 15 is 0 Å². The van der Waals surface area contributed by atoms with Crippen LogP contribution >= 0.6 is 0 Å². The summed E-state index contributed by atoms with van der Waals surface area (Å²) in [6.45, 7) is 1.82. The van der Waals surface area contributed by atoms with Crippen molar-refractivity contribution in [3.05, 3.63) is 70.9 Å². The van der Waals surface area contributed by atoms with Crippen LogP contribution in [-0.4, -0.2) is 17.7 Å². The summed E-state index contributed by atoms with van der Waals surface area (Å²) in [6.07, 6.45) is 0.524. The molecule has 0 unspecified atom stereocenters. The molecule has 4 heteroatoms. The van der Waals surface area contributed by atoms with E-state index < -0.39 is 0 Å². The first kappa shape index (κ1) is 14.4. The van der Waals surface area contributed by atoms with Gasteiger partial charge in [-0.3, -0.25) is 5.21 Å². The van der Waals surface area contributed by atoms with Crippen LogP contribution in [0.25, 0.3) is 0 Å². The van der Waals surface area contributed by atoms with Gasteiger partial charge in [0, 0.05) is 11.8 Å². The highest BCUT2D eigenvalue weighted by molar-refractivity contribution is 5.84. The lowest BCUT2D eigenvalue weighted by molar-refractivity contribution is -0.761. The first-order valence-electron chi connectivity index (χ1n) is 7.35. The number of ether oxygens (including phenoxy) is 1. The molecule has 1 heterocycles. The first-order chi connectivity index (χ1) is 10.7. The molecule has 0 amide bonds. The standard InChI is InChI=1S/C18H19NO3/c1-13-17(14-8-10-16(21-2)11-9-14)12-18(22-19(13)20)15-6-4-3-5-7-15/h3-11,17-18H,12H2,1-2H3/t17-,18+/m1/s1. The molecule has 0 saturated carbocycles. The normalized spacial score (nSPS) is 21.4. The Balaban J connectivity index is 1.90. The van der Waals surface area contributed by atoms with Crippen molar-refractivity contribution in [1.29, 1.82) is 0 Å². The van der Waals surface area contributed by atoms with Crippen LogP contribution in [0.3, 0.4) is 0 Å². The van der Waals surface area contributed by atoms with E-state index in [-0.39, 0.29) is 12.0 Å². The molecule has 22 heavy (non-hydrogen) atoms. The summed E-state index contributed by atoms with van der Waals surface area (Å²) in [5.74, 6) is 0.856. The van der Waals surface area contributed by atoms with E-state index in [4.69, 9.17) is 9.57 Å². The Morgan fingerprint density at radius 3 is 2.36 bits per heavy atom. The molecule has 0 bridgehead atoms. The van der Waals surface area contributed by atoms with E-state index in [9.17, 15) is 5.21 Å². The smallest absolute Gasteiger partial charge is 0.226 e. The summed E-state index contributed by atoms with van der Waals surface area (Å²) < 4.78 is 5.19. The molecule has 3 rings (SSSR count). The summed E-state index contributed by atoms with van der Waals surface area (Å²) in [5.41, 5.74) is 2.80. The van der Waals surface area contributed by atoms with Crippen molar-refractivity contribution >= 4 is 5.71 Å². The number of methoxy groups -OCH3 is 1. The molecule has 114 valence electrons. The highest BCUT2D eigenvalue weighted by Crippen LogP contribution is 2.35. The highest BCUT2D eigenvalue weighted by atomic mass is 16.9. The number of rotatable bonds is 3. The van der Waals surface area contributed by atoms with Crippen molar-refractivity contribution in [2.24, 2.45) is 0 Å². The Morgan fingerprint density at radius 2 is 1.73 bits per heavy atom. The van der Waals surface area contributed by atoms with Crippen LogP contribution in [0.5, 0.6) is 5.75 Å². The van der Waals surface area contributed by atoms with Crippen LogP contribution < -0.4 is 4.74 Å². The molecule has 2 aromatic carbocycles. The van der Waals surface area contributed by atoms with Gasteiger partial charge in [0.05, 0.1) is 19.1 Å². The monoisotopic (exact) mass is 297 g/mol. The Kier molecular flexibility index (Phi) is 4.00. The van der Waals surface area contributed by atoms with Gasteiger partial charge in [0.25, 0.3) is 0 Å². The zero-order valence-corrected chi connectivity index (χ0v) is 12.7. The summed E-state index contributed by atoms with van der Waals surface area (Å²) in [6, 6.07) is 17.7. The third kappa shape index (κ3) is 2.77. The highest BCUT2D eigenvalue weighted by Gasteiger charge is 2.32. The maximum absolute atomic E-state index is 12.1. The van der Waals surface area contributed by atoms with Gasteiger partial charge in [-0.25, -0.2) is 0 Å². The summed E-state index contributed by atoms with van der Waals surface area (Å²) >= 11 is 0. The Hall–Kier alpha value is -2.49. The largest absolute Gasteiger partial charge is 0.497 e. The second-order valence-electron chi connectivity index (χ2n) is 5.46. The van der Waals surface area contributed by atoms with E-state index in [1.807, 2.05) is 61.5 Å². The number of nitrogens with zero attached hydrogens (tertiary/aromatic N) is 1. The fourth-order valence-electron chi connectivity index (χ4n) is 2.83. The lowest BCUT2D eigenvalue weighted by Gasteiger charge is -2.30. The second-order valence-corrected chi connectivity index (χ2v) is 5.46. The molecule has 0 aromatic heterocycles. The molecule has 4 nitrogen and oxygen atoms in total. The van der Waals surface area contributed by atoms with Gasteiger partial charge in [0.2, 0.25) is 5.71 Å². The minimum atomic E-state index is -0.227. The SMILES string of the molecule is COc1ccc([C@@H]2C[C@@H](c3ccccc3)O[N+]([O-])=C2C)cc1. The second kappa shape index (κ2) is 6.10. The van der Waals surface area contributed by atoms with E-state index in [0.29, 0.717) is 10.6 Å². The van der Waals surface area contributed by atoms with E-state index in [2.05, 4.69) is 0 Å². The molecule has 0 saturated heterocycles. The Labute approximate surface area is 130 Å². The third-order valence-electron chi connectivity index (χ3n) is 4.15. The zero-order valence-electron chi connectivity index (χ0n) is 12.7. The van der Waals surface area contributed by atoms with Crippen LogP contribution in [0.4, 0.5) is 0 Å². The quantitative estimate of drug-likeness (QED) is 0.809. The van der Waals surface area contributed by atoms with Crippen LogP contribution in [0.2, 0.25) is 0 Å². The van der Waals surface area contributed by atoms with Crippen LogP contribution in [0, 0.1) is 5.21 Å². The average Bonchev–Trinajstić information content (AvgIpc) is 2.58. The lowest BCUT2D eigenvalue weighted by atomic mass is 9.86. The minimum absolute atomic E-state index is 0.0439. The van der Waals surface area contributed by atoms with Crippen LogP contribution in [-0.2, 0) is 4.84 Å². The molecule has 2 atom stereocenters. The maximum atomic E-state index is 12.1. The topological polar surface area (TPSA) is 44.5 Å². The summed E-state index contributed by atoms with van der Waals surface area (Å²) in [5, 5.41) is 12.1. The predicted octanol–water partition coefficient (Wildman–Crippen LogP) is 3.83. The molecule has 1 aliphatic rings. The van der Waals surface area contributed by atoms with Crippen molar-refractivity contribution in [3.63, 3.8) is 0 Å². The molecule has 0 radical (unpaired) electrons. The maximum Gasteiger partial charge on any atom is 0.226 e. The van der Waals surface area contributed by atoms with Gasteiger partial charge in [0.15, 0.2) is 0 Å². The average molecular weight is 297 g/mol. The van der Waals surface area contributed by atoms with Crippen LogP contribution in [0.1, 0.15) is 36.5 Å². The fourth-order valence-corrected chi connectivity index (χ4v) is 2.83. The van der Waals surface area contributed by atoms with Gasteiger partial charge in [-0.05, 0) is 29.7 Å². The predicted molar refractivity (Wildman–Crippen MR) is 84.9 cm³/mol. The Bertz CT molecular complexity index is 664. The molecule has 2 aromatic rings. The zero-order chi connectivity index (χ0) is 15.5. The first-order valence-corrected chi connectivity index (χ1v) is 7.35. The number of hydrogen-bond acceptors (Lipinski definition) is 3. The van der Waals surface area contributed by atoms with E-state index in [1.165, 1.54) is 0 Å². The molecular formula is C18H19NO3. The molecule has 0 fully saturated rings. The molecule has 1 aliphatic heterocycles. The van der Waals surface area contributed by atoms with Crippen molar-refractivity contribution in [1.82, 2.24) is 0 Å². The van der Waals surface area contributed by atoms with Gasteiger partial charge >= 0.3 is 0 Å². The number of benzene rings is 2. The van der Waals surface area contributed by atoms with Crippen molar-refractivity contribution in [2.75, 3.05) is 7.11 Å². The molecule has 0 N–H and O–H groups in total. The van der Waals surface area contributed by atoms with E-state index in [0.717, 1.165) is 23.3 Å². The summed E-state index contributed by atoms with van der Waals surface area (Å²) in [7, 11) is 1.64. The van der Waals surface area contributed by atoms with Gasteiger partial charge in [-0.2, -0.15) is 0 Å². The fraction of sp³-hybridized carbons (Fsp3) is 0.278.